The fraction of sp³-hybridized carbons (Fsp3) is 0.190. The number of amides is 1. The number of rotatable bonds is 6. The molecule has 0 unspecified atom stereocenters. The highest BCUT2D eigenvalue weighted by molar-refractivity contribution is 5.94. The average Bonchev–Trinajstić information content (AvgIpc) is 2.67. The molecule has 3 rings (SSSR count). The summed E-state index contributed by atoms with van der Waals surface area (Å²) < 4.78 is 13.7. The van der Waals surface area contributed by atoms with Gasteiger partial charge in [0.05, 0.1) is 11.3 Å². The van der Waals surface area contributed by atoms with Gasteiger partial charge in [0, 0.05) is 24.8 Å². The van der Waals surface area contributed by atoms with Crippen LogP contribution in [0.4, 0.5) is 10.3 Å². The second-order valence-electron chi connectivity index (χ2n) is 6.31. The number of nitrogens with one attached hydrogen (secondary N) is 2. The molecule has 27 heavy (non-hydrogen) atoms. The van der Waals surface area contributed by atoms with Crippen LogP contribution in [0.2, 0.25) is 0 Å². The second kappa shape index (κ2) is 8.40. The third-order valence-corrected chi connectivity index (χ3v) is 4.19. The monoisotopic (exact) mass is 364 g/mol. The third kappa shape index (κ3) is 4.88. The van der Waals surface area contributed by atoms with Gasteiger partial charge >= 0.3 is 0 Å². The average molecular weight is 364 g/mol. The van der Waals surface area contributed by atoms with Crippen molar-refractivity contribution in [1.82, 2.24) is 15.3 Å². The van der Waals surface area contributed by atoms with Crippen molar-refractivity contribution in [3.63, 3.8) is 0 Å². The lowest BCUT2D eigenvalue weighted by atomic mass is 10.1. The van der Waals surface area contributed by atoms with E-state index in [0.29, 0.717) is 29.3 Å². The molecular formula is C21H21FN4O. The van der Waals surface area contributed by atoms with Crippen LogP contribution < -0.4 is 10.6 Å². The van der Waals surface area contributed by atoms with Crippen LogP contribution in [0.25, 0.3) is 0 Å². The fourth-order valence-corrected chi connectivity index (χ4v) is 2.57. The maximum Gasteiger partial charge on any atom is 0.254 e. The molecular weight excluding hydrogens is 343 g/mol. The van der Waals surface area contributed by atoms with Crippen LogP contribution >= 0.6 is 0 Å². The van der Waals surface area contributed by atoms with Crippen LogP contribution in [0.5, 0.6) is 0 Å². The van der Waals surface area contributed by atoms with E-state index in [1.165, 1.54) is 17.8 Å². The Labute approximate surface area is 157 Å². The van der Waals surface area contributed by atoms with E-state index in [1.54, 1.807) is 25.1 Å². The zero-order valence-electron chi connectivity index (χ0n) is 15.3. The second-order valence-corrected chi connectivity index (χ2v) is 6.31. The van der Waals surface area contributed by atoms with Crippen molar-refractivity contribution in [1.29, 1.82) is 0 Å². The van der Waals surface area contributed by atoms with Crippen molar-refractivity contribution in [3.8, 4) is 0 Å². The highest BCUT2D eigenvalue weighted by Gasteiger charge is 2.12. The summed E-state index contributed by atoms with van der Waals surface area (Å²) in [5, 5.41) is 5.85. The molecule has 0 fully saturated rings. The molecule has 138 valence electrons. The number of aryl methyl sites for hydroxylation is 2. The molecule has 1 amide bonds. The highest BCUT2D eigenvalue weighted by atomic mass is 19.1. The van der Waals surface area contributed by atoms with Gasteiger partial charge in [-0.3, -0.25) is 4.79 Å². The maximum atomic E-state index is 13.7. The molecule has 0 atom stereocenters. The first kappa shape index (κ1) is 18.5. The fourth-order valence-electron chi connectivity index (χ4n) is 2.57. The van der Waals surface area contributed by atoms with Crippen LogP contribution in [-0.2, 0) is 13.1 Å². The summed E-state index contributed by atoms with van der Waals surface area (Å²) in [7, 11) is 0. The van der Waals surface area contributed by atoms with Crippen LogP contribution in [0.1, 0.15) is 32.7 Å². The molecule has 2 N–H and O–H groups in total. The number of nitrogens with zero attached hydrogens (tertiary/aromatic N) is 2. The minimum Gasteiger partial charge on any atom is -0.350 e. The summed E-state index contributed by atoms with van der Waals surface area (Å²) in [4.78, 5) is 20.8. The van der Waals surface area contributed by atoms with E-state index in [9.17, 15) is 9.18 Å². The largest absolute Gasteiger partial charge is 0.350 e. The van der Waals surface area contributed by atoms with Crippen molar-refractivity contribution in [2.75, 3.05) is 5.32 Å². The molecule has 0 aliphatic heterocycles. The molecule has 6 heteroatoms. The number of carbonyl (C=O) groups excluding carboxylic acids is 1. The Morgan fingerprint density at radius 3 is 2.48 bits per heavy atom. The lowest BCUT2D eigenvalue weighted by Crippen LogP contribution is -2.24. The van der Waals surface area contributed by atoms with E-state index in [4.69, 9.17) is 0 Å². The summed E-state index contributed by atoms with van der Waals surface area (Å²) in [6.45, 7) is 4.47. The minimum absolute atomic E-state index is 0.228. The smallest absolute Gasteiger partial charge is 0.254 e. The van der Waals surface area contributed by atoms with Gasteiger partial charge in [0.15, 0.2) is 0 Å². The quantitative estimate of drug-likeness (QED) is 0.699. The maximum absolute atomic E-state index is 13.7. The first-order valence-electron chi connectivity index (χ1n) is 8.67. The number of halogens is 1. The number of carbonyl (C=O) groups is 1. The molecule has 1 heterocycles. The number of hydrogen-bond acceptors (Lipinski definition) is 4. The van der Waals surface area contributed by atoms with E-state index < -0.39 is 0 Å². The molecule has 0 radical (unpaired) electrons. The van der Waals surface area contributed by atoms with Gasteiger partial charge in [-0.25, -0.2) is 14.4 Å². The SMILES string of the molecule is Cc1ccc(CNC(=O)c2cnc(NCc3ccccc3F)nc2C)cc1. The predicted molar refractivity (Wildman–Crippen MR) is 103 cm³/mol. The lowest BCUT2D eigenvalue weighted by molar-refractivity contribution is 0.0949. The van der Waals surface area contributed by atoms with Crippen LogP contribution in [-0.4, -0.2) is 15.9 Å². The molecule has 0 spiro atoms. The van der Waals surface area contributed by atoms with E-state index >= 15 is 0 Å². The Kier molecular flexibility index (Phi) is 5.76. The molecule has 0 bridgehead atoms. The van der Waals surface area contributed by atoms with Gasteiger partial charge in [-0.1, -0.05) is 48.0 Å². The van der Waals surface area contributed by atoms with Crippen LogP contribution in [0.15, 0.2) is 54.7 Å². The Bertz CT molecular complexity index is 941. The Hall–Kier alpha value is -3.28. The van der Waals surface area contributed by atoms with Gasteiger partial charge in [0.1, 0.15) is 5.82 Å². The summed E-state index contributed by atoms with van der Waals surface area (Å²) in [5.74, 6) is -0.159. The van der Waals surface area contributed by atoms with Crippen LogP contribution in [0.3, 0.4) is 0 Å². The number of anilines is 1. The van der Waals surface area contributed by atoms with E-state index in [-0.39, 0.29) is 18.3 Å². The van der Waals surface area contributed by atoms with Crippen molar-refractivity contribution in [2.24, 2.45) is 0 Å². The zero-order valence-corrected chi connectivity index (χ0v) is 15.3. The first-order valence-corrected chi connectivity index (χ1v) is 8.67. The van der Waals surface area contributed by atoms with Gasteiger partial charge in [-0.05, 0) is 25.5 Å². The van der Waals surface area contributed by atoms with E-state index in [0.717, 1.165) is 5.56 Å². The number of aromatic nitrogens is 2. The summed E-state index contributed by atoms with van der Waals surface area (Å²) >= 11 is 0. The lowest BCUT2D eigenvalue weighted by Gasteiger charge is -2.10. The minimum atomic E-state index is -0.283. The normalized spacial score (nSPS) is 10.5. The summed E-state index contributed by atoms with van der Waals surface area (Å²) in [6.07, 6.45) is 1.48. The number of hydrogen-bond donors (Lipinski definition) is 2. The van der Waals surface area contributed by atoms with Gasteiger partial charge in [-0.2, -0.15) is 0 Å². The molecule has 2 aromatic carbocycles. The third-order valence-electron chi connectivity index (χ3n) is 4.19. The van der Waals surface area contributed by atoms with Gasteiger partial charge < -0.3 is 10.6 Å². The molecule has 0 saturated heterocycles. The Morgan fingerprint density at radius 2 is 1.78 bits per heavy atom. The molecule has 3 aromatic rings. The van der Waals surface area contributed by atoms with Crippen LogP contribution in [0, 0.1) is 19.7 Å². The van der Waals surface area contributed by atoms with Gasteiger partial charge in [-0.15, -0.1) is 0 Å². The van der Waals surface area contributed by atoms with E-state index in [1.807, 2.05) is 31.2 Å². The molecule has 0 saturated carbocycles. The first-order chi connectivity index (χ1) is 13.0. The van der Waals surface area contributed by atoms with Crippen molar-refractivity contribution in [2.45, 2.75) is 26.9 Å². The Morgan fingerprint density at radius 1 is 1.04 bits per heavy atom. The topological polar surface area (TPSA) is 66.9 Å². The van der Waals surface area contributed by atoms with Gasteiger partial charge in [0.2, 0.25) is 5.95 Å². The predicted octanol–water partition coefficient (Wildman–Crippen LogP) is 3.77. The molecule has 1 aromatic heterocycles. The molecule has 5 nitrogen and oxygen atoms in total. The Balaban J connectivity index is 1.61. The number of benzene rings is 2. The highest BCUT2D eigenvalue weighted by Crippen LogP contribution is 2.11. The standard InChI is InChI=1S/C21H21FN4O/c1-14-7-9-16(10-8-14)11-23-20(27)18-13-25-21(26-15(18)2)24-12-17-5-3-4-6-19(17)22/h3-10,13H,11-12H2,1-2H3,(H,23,27)(H,24,25,26). The summed E-state index contributed by atoms with van der Waals surface area (Å²) in [6, 6.07) is 14.5. The van der Waals surface area contributed by atoms with E-state index in [2.05, 4.69) is 20.6 Å². The van der Waals surface area contributed by atoms with Crippen molar-refractivity contribution < 1.29 is 9.18 Å². The zero-order chi connectivity index (χ0) is 19.2. The van der Waals surface area contributed by atoms with Crippen molar-refractivity contribution >= 4 is 11.9 Å². The summed E-state index contributed by atoms with van der Waals surface area (Å²) in [5.41, 5.74) is 3.70. The van der Waals surface area contributed by atoms with Gasteiger partial charge in [0.25, 0.3) is 5.91 Å². The van der Waals surface area contributed by atoms with Crippen molar-refractivity contribution in [3.05, 3.63) is 88.5 Å². The molecule has 0 aliphatic carbocycles. The molecule has 0 aliphatic rings.